The number of urea groups is 1. The summed E-state index contributed by atoms with van der Waals surface area (Å²) in [6.45, 7) is 6.04. The fourth-order valence-electron chi connectivity index (χ4n) is 2.65. The Balaban J connectivity index is 0.00000265. The van der Waals surface area contributed by atoms with Crippen LogP contribution in [-0.2, 0) is 11.3 Å². The molecule has 9 nitrogen and oxygen atoms in total. The van der Waals surface area contributed by atoms with Gasteiger partial charge in [0, 0.05) is 24.0 Å². The molecule has 0 radical (unpaired) electrons. The maximum atomic E-state index is 12.3. The lowest BCUT2D eigenvalue weighted by molar-refractivity contribution is 0.0971. The highest BCUT2D eigenvalue weighted by atomic mass is 16.6. The van der Waals surface area contributed by atoms with E-state index in [0.29, 0.717) is 29.1 Å². The van der Waals surface area contributed by atoms with Crippen LogP contribution in [0.3, 0.4) is 0 Å². The van der Waals surface area contributed by atoms with Gasteiger partial charge in [-0.25, -0.2) is 9.59 Å². The van der Waals surface area contributed by atoms with Gasteiger partial charge in [0.2, 0.25) is 0 Å². The van der Waals surface area contributed by atoms with Gasteiger partial charge >= 0.3 is 12.1 Å². The largest absolute Gasteiger partial charge is 0.495 e. The number of carbonyl (C=O) groups excluding carboxylic acids is 2. The average Bonchev–Trinajstić information content (AvgIpc) is 2.83. The minimum absolute atomic E-state index is 0.142. The number of anilines is 2. The van der Waals surface area contributed by atoms with E-state index in [1.165, 1.54) is 7.11 Å². The normalized spacial score (nSPS) is 10.2. The number of methoxy groups -OCH3 is 1. The zero-order valence-electron chi connectivity index (χ0n) is 19.3. The maximum Gasteiger partial charge on any atom is 0.407 e. The van der Waals surface area contributed by atoms with E-state index in [2.05, 4.69) is 16.0 Å². The minimum Gasteiger partial charge on any atom is -0.495 e. The fourth-order valence-corrected chi connectivity index (χ4v) is 2.65. The van der Waals surface area contributed by atoms with Crippen molar-refractivity contribution >= 4 is 23.5 Å². The molecule has 0 saturated heterocycles. The standard InChI is InChI=1S/C22H23N5O4.C2H6/c1-3-19(9-10-23)31-22(29)25-14-15-5-4-6-17(11-15)26-21(28)27-18-8-7-16(13-24)20(12-18)30-2;1-2/h4-8,11-12,19H,3,9,14H2,1-2H3,(H,25,29)(H2,26,27,28);1-2H3/t19-;/m1./s1. The van der Waals surface area contributed by atoms with Crippen LogP contribution in [0.4, 0.5) is 21.0 Å². The van der Waals surface area contributed by atoms with Crippen LogP contribution in [0.25, 0.3) is 0 Å². The lowest BCUT2D eigenvalue weighted by Gasteiger charge is -2.14. The van der Waals surface area contributed by atoms with Gasteiger partial charge in [0.1, 0.15) is 17.9 Å². The summed E-state index contributed by atoms with van der Waals surface area (Å²) in [5, 5.41) is 25.7. The second kappa shape index (κ2) is 14.7. The van der Waals surface area contributed by atoms with Crippen molar-refractivity contribution in [3.05, 3.63) is 53.6 Å². The Labute approximate surface area is 194 Å². The van der Waals surface area contributed by atoms with E-state index in [9.17, 15) is 9.59 Å². The van der Waals surface area contributed by atoms with Crippen LogP contribution in [0.2, 0.25) is 0 Å². The lowest BCUT2D eigenvalue weighted by atomic mass is 10.2. The first-order chi connectivity index (χ1) is 16.0. The summed E-state index contributed by atoms with van der Waals surface area (Å²) in [7, 11) is 1.45. The number of nitrogens with one attached hydrogen (secondary N) is 3. The molecule has 0 aliphatic rings. The number of ether oxygens (including phenoxy) is 2. The van der Waals surface area contributed by atoms with Crippen LogP contribution in [0.1, 0.15) is 44.7 Å². The molecule has 3 amide bonds. The monoisotopic (exact) mass is 451 g/mol. The summed E-state index contributed by atoms with van der Waals surface area (Å²) < 4.78 is 10.3. The average molecular weight is 452 g/mol. The number of amides is 3. The van der Waals surface area contributed by atoms with E-state index in [1.54, 1.807) is 42.5 Å². The molecule has 2 rings (SSSR count). The Hall–Kier alpha value is -4.24. The van der Waals surface area contributed by atoms with E-state index in [1.807, 2.05) is 32.9 Å². The highest BCUT2D eigenvalue weighted by Gasteiger charge is 2.12. The summed E-state index contributed by atoms with van der Waals surface area (Å²) in [6.07, 6.45) is -0.347. The number of alkyl carbamates (subject to hydrolysis) is 1. The smallest absolute Gasteiger partial charge is 0.407 e. The SMILES string of the molecule is CC.CC[C@H](CC#N)OC(=O)NCc1cccc(NC(=O)Nc2ccc(C#N)c(OC)c2)c1. The molecule has 0 unspecified atom stereocenters. The molecule has 9 heteroatoms. The summed E-state index contributed by atoms with van der Waals surface area (Å²) in [5.74, 6) is 0.361. The molecular formula is C24H29N5O4. The van der Waals surface area contributed by atoms with Gasteiger partial charge in [-0.05, 0) is 36.2 Å². The second-order valence-corrected chi connectivity index (χ2v) is 6.46. The van der Waals surface area contributed by atoms with Gasteiger partial charge in [-0.3, -0.25) is 0 Å². The third-order valence-corrected chi connectivity index (χ3v) is 4.25. The van der Waals surface area contributed by atoms with Gasteiger partial charge in [-0.15, -0.1) is 0 Å². The van der Waals surface area contributed by atoms with Crippen molar-refractivity contribution in [2.45, 2.75) is 46.3 Å². The van der Waals surface area contributed by atoms with Gasteiger partial charge in [0.25, 0.3) is 0 Å². The number of nitriles is 2. The highest BCUT2D eigenvalue weighted by Crippen LogP contribution is 2.22. The van der Waals surface area contributed by atoms with E-state index in [4.69, 9.17) is 20.0 Å². The van der Waals surface area contributed by atoms with E-state index < -0.39 is 18.2 Å². The molecule has 33 heavy (non-hydrogen) atoms. The first-order valence-electron chi connectivity index (χ1n) is 10.6. The molecule has 0 bridgehead atoms. The maximum absolute atomic E-state index is 12.3. The number of hydrogen-bond donors (Lipinski definition) is 3. The third kappa shape index (κ3) is 9.19. The Morgan fingerprint density at radius 1 is 1.06 bits per heavy atom. The first-order valence-corrected chi connectivity index (χ1v) is 10.6. The molecule has 0 aromatic heterocycles. The lowest BCUT2D eigenvalue weighted by Crippen LogP contribution is -2.28. The van der Waals surface area contributed by atoms with Crippen LogP contribution < -0.4 is 20.7 Å². The molecule has 0 aliphatic heterocycles. The fraction of sp³-hybridized carbons (Fsp3) is 0.333. The number of carbonyl (C=O) groups is 2. The van der Waals surface area contributed by atoms with Crippen molar-refractivity contribution in [3.63, 3.8) is 0 Å². The molecule has 0 heterocycles. The molecule has 0 saturated carbocycles. The zero-order valence-corrected chi connectivity index (χ0v) is 19.3. The van der Waals surface area contributed by atoms with E-state index in [-0.39, 0.29) is 13.0 Å². The highest BCUT2D eigenvalue weighted by molar-refractivity contribution is 6.00. The molecule has 174 valence electrons. The third-order valence-electron chi connectivity index (χ3n) is 4.25. The van der Waals surface area contributed by atoms with Crippen molar-refractivity contribution in [3.8, 4) is 17.9 Å². The van der Waals surface area contributed by atoms with Crippen molar-refractivity contribution in [2.24, 2.45) is 0 Å². The Bertz CT molecular complexity index is 1010. The molecule has 0 fully saturated rings. The predicted molar refractivity (Wildman–Crippen MR) is 126 cm³/mol. The summed E-state index contributed by atoms with van der Waals surface area (Å²) in [6, 6.07) is 15.2. The Morgan fingerprint density at radius 3 is 2.36 bits per heavy atom. The molecule has 0 spiro atoms. The molecular weight excluding hydrogens is 422 g/mol. The van der Waals surface area contributed by atoms with E-state index in [0.717, 1.165) is 5.56 Å². The predicted octanol–water partition coefficient (Wildman–Crippen LogP) is 5.16. The molecule has 3 N–H and O–H groups in total. The van der Waals surface area contributed by atoms with Crippen molar-refractivity contribution < 1.29 is 19.1 Å². The Morgan fingerprint density at radius 2 is 1.76 bits per heavy atom. The molecule has 1 atom stereocenters. The topological polar surface area (TPSA) is 136 Å². The van der Waals surface area contributed by atoms with Gasteiger partial charge in [0.15, 0.2) is 0 Å². The van der Waals surface area contributed by atoms with Crippen LogP contribution in [0, 0.1) is 22.7 Å². The number of benzene rings is 2. The van der Waals surface area contributed by atoms with Gasteiger partial charge in [-0.2, -0.15) is 10.5 Å². The Kier molecular flexibility index (Phi) is 11.9. The van der Waals surface area contributed by atoms with Crippen molar-refractivity contribution in [2.75, 3.05) is 17.7 Å². The van der Waals surface area contributed by atoms with Crippen LogP contribution >= 0.6 is 0 Å². The minimum atomic E-state index is -0.604. The summed E-state index contributed by atoms with van der Waals surface area (Å²) in [4.78, 5) is 24.2. The van der Waals surface area contributed by atoms with Gasteiger partial charge < -0.3 is 25.4 Å². The zero-order chi connectivity index (χ0) is 24.6. The van der Waals surface area contributed by atoms with Crippen LogP contribution in [-0.4, -0.2) is 25.3 Å². The molecule has 2 aromatic carbocycles. The van der Waals surface area contributed by atoms with Gasteiger partial charge in [-0.1, -0.05) is 32.9 Å². The van der Waals surface area contributed by atoms with Crippen molar-refractivity contribution in [1.82, 2.24) is 5.32 Å². The number of rotatable bonds is 8. The van der Waals surface area contributed by atoms with Crippen molar-refractivity contribution in [1.29, 1.82) is 10.5 Å². The summed E-state index contributed by atoms with van der Waals surface area (Å²) in [5.41, 5.74) is 2.12. The number of nitrogens with zero attached hydrogens (tertiary/aromatic N) is 2. The second-order valence-electron chi connectivity index (χ2n) is 6.46. The van der Waals surface area contributed by atoms with Crippen LogP contribution in [0.15, 0.2) is 42.5 Å². The molecule has 2 aromatic rings. The van der Waals surface area contributed by atoms with Gasteiger partial charge in [0.05, 0.1) is 25.2 Å². The number of hydrogen-bond acceptors (Lipinski definition) is 6. The summed E-state index contributed by atoms with van der Waals surface area (Å²) >= 11 is 0. The molecule has 0 aliphatic carbocycles. The quantitative estimate of drug-likeness (QED) is 0.507. The van der Waals surface area contributed by atoms with E-state index >= 15 is 0 Å². The first kappa shape index (κ1) is 26.8. The van der Waals surface area contributed by atoms with Crippen LogP contribution in [0.5, 0.6) is 5.75 Å².